The van der Waals surface area contributed by atoms with Crippen LogP contribution >= 0.6 is 15.9 Å². The highest BCUT2D eigenvalue weighted by atomic mass is 79.9. The van der Waals surface area contributed by atoms with Gasteiger partial charge >= 0.3 is 5.97 Å². The van der Waals surface area contributed by atoms with Crippen molar-refractivity contribution >= 4 is 31.9 Å². The van der Waals surface area contributed by atoms with Crippen LogP contribution in [-0.4, -0.2) is 36.4 Å². The van der Waals surface area contributed by atoms with Gasteiger partial charge in [0.1, 0.15) is 6.54 Å². The van der Waals surface area contributed by atoms with Crippen molar-refractivity contribution in [3.63, 3.8) is 0 Å². The number of nitrogens with zero attached hydrogens (tertiary/aromatic N) is 1. The molecule has 0 fully saturated rings. The van der Waals surface area contributed by atoms with Gasteiger partial charge in [0.2, 0.25) is 10.0 Å². The van der Waals surface area contributed by atoms with Crippen LogP contribution in [0, 0.1) is 6.92 Å². The van der Waals surface area contributed by atoms with E-state index in [9.17, 15) is 13.2 Å². The van der Waals surface area contributed by atoms with Crippen molar-refractivity contribution in [1.82, 2.24) is 4.31 Å². The molecule has 0 bridgehead atoms. The molecule has 0 aliphatic carbocycles. The van der Waals surface area contributed by atoms with Gasteiger partial charge in [0.05, 0.1) is 4.90 Å². The Morgan fingerprint density at radius 3 is 2.50 bits per heavy atom. The first-order valence-electron chi connectivity index (χ1n) is 6.20. The van der Waals surface area contributed by atoms with E-state index >= 15 is 0 Å². The lowest BCUT2D eigenvalue weighted by atomic mass is 10.2. The molecule has 0 radical (unpaired) electrons. The van der Waals surface area contributed by atoms with E-state index in [1.165, 1.54) is 12.1 Å². The van der Waals surface area contributed by atoms with Gasteiger partial charge in [-0.3, -0.25) is 4.79 Å². The predicted octanol–water partition coefficient (Wildman–Crippen LogP) is 2.63. The van der Waals surface area contributed by atoms with Gasteiger partial charge in [-0.1, -0.05) is 22.9 Å². The van der Waals surface area contributed by atoms with Crippen LogP contribution in [0.25, 0.3) is 0 Å². The number of hydrogen-bond donors (Lipinski definition) is 1. The van der Waals surface area contributed by atoms with E-state index in [0.717, 1.165) is 14.3 Å². The molecule has 1 aromatic carbocycles. The van der Waals surface area contributed by atoms with Gasteiger partial charge < -0.3 is 5.11 Å². The van der Waals surface area contributed by atoms with Gasteiger partial charge in [-0.25, -0.2) is 8.42 Å². The van der Waals surface area contributed by atoms with Crippen LogP contribution in [0.2, 0.25) is 0 Å². The summed E-state index contributed by atoms with van der Waals surface area (Å²) < 4.78 is 27.0. The maximum Gasteiger partial charge on any atom is 0.318 e. The summed E-state index contributed by atoms with van der Waals surface area (Å²) in [5, 5.41) is 8.92. The van der Waals surface area contributed by atoms with Crippen molar-refractivity contribution in [2.45, 2.75) is 38.1 Å². The second-order valence-corrected chi connectivity index (χ2v) is 7.36. The van der Waals surface area contributed by atoms with Crippen LogP contribution in [0.5, 0.6) is 0 Å². The maximum absolute atomic E-state index is 12.6. The lowest BCUT2D eigenvalue weighted by Gasteiger charge is -2.26. The zero-order valence-corrected chi connectivity index (χ0v) is 14.0. The number of carboxylic acid groups (broad SMARTS) is 1. The number of sulfonamides is 1. The lowest BCUT2D eigenvalue weighted by molar-refractivity contribution is -0.137. The van der Waals surface area contributed by atoms with E-state index in [2.05, 4.69) is 15.9 Å². The molecule has 0 amide bonds. The van der Waals surface area contributed by atoms with Gasteiger partial charge in [0, 0.05) is 10.5 Å². The van der Waals surface area contributed by atoms with Crippen molar-refractivity contribution in [3.05, 3.63) is 28.2 Å². The second-order valence-electron chi connectivity index (χ2n) is 4.61. The SMILES string of the molecule is CCC(C)N(CC(=O)O)S(=O)(=O)c1ccc(Br)c(C)c1. The molecule has 0 heterocycles. The van der Waals surface area contributed by atoms with Crippen LogP contribution in [0.3, 0.4) is 0 Å². The minimum atomic E-state index is -3.82. The first-order valence-corrected chi connectivity index (χ1v) is 8.43. The molecule has 0 saturated carbocycles. The smallest absolute Gasteiger partial charge is 0.318 e. The summed E-state index contributed by atoms with van der Waals surface area (Å²) in [6.45, 7) is 4.77. The summed E-state index contributed by atoms with van der Waals surface area (Å²) in [4.78, 5) is 11.0. The Balaban J connectivity index is 3.28. The number of halogens is 1. The third kappa shape index (κ3) is 3.80. The summed E-state index contributed by atoms with van der Waals surface area (Å²) in [7, 11) is -3.82. The molecule has 0 aromatic heterocycles. The Morgan fingerprint density at radius 2 is 2.05 bits per heavy atom. The monoisotopic (exact) mass is 363 g/mol. The fraction of sp³-hybridized carbons (Fsp3) is 0.462. The first kappa shape index (κ1) is 17.1. The quantitative estimate of drug-likeness (QED) is 0.842. The Labute approximate surface area is 127 Å². The lowest BCUT2D eigenvalue weighted by Crippen LogP contribution is -2.41. The fourth-order valence-corrected chi connectivity index (χ4v) is 3.71. The summed E-state index contributed by atoms with van der Waals surface area (Å²) in [6.07, 6.45) is 0.544. The van der Waals surface area contributed by atoms with E-state index in [0.29, 0.717) is 6.42 Å². The zero-order valence-electron chi connectivity index (χ0n) is 11.6. The van der Waals surface area contributed by atoms with Gasteiger partial charge in [0.15, 0.2) is 0 Å². The van der Waals surface area contributed by atoms with Crippen molar-refractivity contribution in [2.24, 2.45) is 0 Å². The van der Waals surface area contributed by atoms with Crippen LogP contribution in [-0.2, 0) is 14.8 Å². The van der Waals surface area contributed by atoms with Crippen molar-refractivity contribution in [3.8, 4) is 0 Å². The Bertz CT molecular complexity index is 600. The third-order valence-electron chi connectivity index (χ3n) is 3.11. The van der Waals surface area contributed by atoms with E-state index in [1.54, 1.807) is 19.9 Å². The number of rotatable bonds is 6. The molecule has 1 atom stereocenters. The molecule has 0 aliphatic rings. The molecule has 1 unspecified atom stereocenters. The highest BCUT2D eigenvalue weighted by Crippen LogP contribution is 2.24. The van der Waals surface area contributed by atoms with E-state index < -0.39 is 22.5 Å². The first-order chi connectivity index (χ1) is 9.20. The minimum absolute atomic E-state index is 0.111. The molecule has 0 spiro atoms. The molecule has 20 heavy (non-hydrogen) atoms. The van der Waals surface area contributed by atoms with Crippen molar-refractivity contribution < 1.29 is 18.3 Å². The number of carbonyl (C=O) groups is 1. The zero-order chi connectivity index (χ0) is 15.5. The predicted molar refractivity (Wildman–Crippen MR) is 80.2 cm³/mol. The van der Waals surface area contributed by atoms with Gasteiger partial charge in [-0.2, -0.15) is 4.31 Å². The standard InChI is InChI=1S/C13H18BrNO4S/c1-4-10(3)15(8-13(16)17)20(18,19)11-5-6-12(14)9(2)7-11/h5-7,10H,4,8H2,1-3H3,(H,16,17). The molecule has 1 rings (SSSR count). The number of benzene rings is 1. The summed E-state index contributed by atoms with van der Waals surface area (Å²) in [6, 6.07) is 4.29. The van der Waals surface area contributed by atoms with E-state index in [1.807, 2.05) is 6.92 Å². The molecule has 0 saturated heterocycles. The van der Waals surface area contributed by atoms with Crippen LogP contribution < -0.4 is 0 Å². The molecular formula is C13H18BrNO4S. The van der Waals surface area contributed by atoms with Crippen molar-refractivity contribution in [1.29, 1.82) is 0 Å². The molecular weight excluding hydrogens is 346 g/mol. The van der Waals surface area contributed by atoms with Gasteiger partial charge in [-0.05, 0) is 44.0 Å². The molecule has 7 heteroatoms. The van der Waals surface area contributed by atoms with E-state index in [4.69, 9.17) is 5.11 Å². The Hall–Kier alpha value is -0.920. The summed E-state index contributed by atoms with van der Waals surface area (Å²) in [5.74, 6) is -1.16. The Kier molecular flexibility index (Phi) is 5.73. The second kappa shape index (κ2) is 6.69. The van der Waals surface area contributed by atoms with Gasteiger partial charge in [0.25, 0.3) is 0 Å². The minimum Gasteiger partial charge on any atom is -0.480 e. The van der Waals surface area contributed by atoms with Crippen molar-refractivity contribution in [2.75, 3.05) is 6.54 Å². The van der Waals surface area contributed by atoms with Crippen LogP contribution in [0.1, 0.15) is 25.8 Å². The average molecular weight is 364 g/mol. The van der Waals surface area contributed by atoms with Gasteiger partial charge in [-0.15, -0.1) is 0 Å². The number of aryl methyl sites for hydroxylation is 1. The topological polar surface area (TPSA) is 74.7 Å². The maximum atomic E-state index is 12.6. The fourth-order valence-electron chi connectivity index (χ4n) is 1.73. The normalized spacial score (nSPS) is 13.4. The van der Waals surface area contributed by atoms with Crippen LogP contribution in [0.15, 0.2) is 27.6 Å². The largest absolute Gasteiger partial charge is 0.480 e. The summed E-state index contributed by atoms with van der Waals surface area (Å²) in [5.41, 5.74) is 0.783. The third-order valence-corrected chi connectivity index (χ3v) is 5.96. The van der Waals surface area contributed by atoms with E-state index in [-0.39, 0.29) is 10.9 Å². The van der Waals surface area contributed by atoms with Crippen LogP contribution in [0.4, 0.5) is 0 Å². The number of carboxylic acids is 1. The summed E-state index contributed by atoms with van der Waals surface area (Å²) >= 11 is 3.31. The Morgan fingerprint density at radius 1 is 1.45 bits per heavy atom. The highest BCUT2D eigenvalue weighted by Gasteiger charge is 2.30. The number of hydrogen-bond acceptors (Lipinski definition) is 3. The molecule has 1 aromatic rings. The highest BCUT2D eigenvalue weighted by molar-refractivity contribution is 9.10. The molecule has 1 N–H and O–H groups in total. The molecule has 112 valence electrons. The average Bonchev–Trinajstić information content (AvgIpc) is 2.37. The molecule has 0 aliphatic heterocycles. The number of aliphatic carboxylic acids is 1. The molecule has 5 nitrogen and oxygen atoms in total.